The predicted molar refractivity (Wildman–Crippen MR) is 107 cm³/mol. The molecule has 0 saturated carbocycles. The molecular formula is C18H14N4O4S2. The van der Waals surface area contributed by atoms with E-state index in [1.807, 2.05) is 36.4 Å². The number of methoxy groups -OCH3 is 2. The van der Waals surface area contributed by atoms with Crippen LogP contribution < -0.4 is 0 Å². The number of carbonyl (C=O) groups excluding carboxylic acids is 2. The van der Waals surface area contributed by atoms with Crippen LogP contribution in [0.3, 0.4) is 0 Å². The summed E-state index contributed by atoms with van der Waals surface area (Å²) in [5.41, 5.74) is 2.92. The lowest BCUT2D eigenvalue weighted by Gasteiger charge is -2.01. The van der Waals surface area contributed by atoms with Crippen molar-refractivity contribution in [2.75, 3.05) is 14.2 Å². The fraction of sp³-hybridized carbons (Fsp3) is 0.111. The number of fused-ring (bicyclic) bond motifs is 2. The van der Waals surface area contributed by atoms with Crippen LogP contribution in [0, 0.1) is 0 Å². The molecule has 0 aliphatic rings. The molecule has 142 valence electrons. The summed E-state index contributed by atoms with van der Waals surface area (Å²) in [6, 6.07) is 11.4. The molecule has 0 atom stereocenters. The second-order valence-electron chi connectivity index (χ2n) is 5.68. The van der Waals surface area contributed by atoms with Crippen LogP contribution in [0.5, 0.6) is 0 Å². The molecule has 2 aromatic carbocycles. The number of hydrogen-bond acceptors (Lipinski definition) is 8. The van der Waals surface area contributed by atoms with Gasteiger partial charge >= 0.3 is 11.9 Å². The molecule has 0 fully saturated rings. The van der Waals surface area contributed by atoms with E-state index in [-0.39, 0.29) is 11.6 Å². The van der Waals surface area contributed by atoms with Crippen LogP contribution in [0.1, 0.15) is 21.2 Å². The molecule has 10 heteroatoms. The Morgan fingerprint density at radius 1 is 0.786 bits per heavy atom. The first kappa shape index (κ1) is 18.4. The summed E-state index contributed by atoms with van der Waals surface area (Å²) in [6.45, 7) is 0. The molecule has 0 amide bonds. The molecule has 2 aromatic heterocycles. The number of aromatic amines is 2. The molecule has 0 aliphatic heterocycles. The fourth-order valence-corrected chi connectivity index (χ4v) is 4.52. The predicted octanol–water partition coefficient (Wildman–Crippen LogP) is 3.81. The van der Waals surface area contributed by atoms with Gasteiger partial charge in [0.15, 0.2) is 0 Å². The van der Waals surface area contributed by atoms with Crippen molar-refractivity contribution in [2.24, 2.45) is 0 Å². The van der Waals surface area contributed by atoms with E-state index in [1.54, 1.807) is 21.6 Å². The van der Waals surface area contributed by atoms with Crippen LogP contribution in [-0.4, -0.2) is 46.1 Å². The second-order valence-corrected chi connectivity index (χ2v) is 7.95. The van der Waals surface area contributed by atoms with Crippen LogP contribution in [0.15, 0.2) is 46.2 Å². The number of rotatable bonds is 5. The Morgan fingerprint density at radius 3 is 1.61 bits per heavy atom. The van der Waals surface area contributed by atoms with Crippen LogP contribution in [0.25, 0.3) is 22.1 Å². The SMILES string of the molecule is COC(=O)c1nc2cc(SSc3ccc4[nH]c(C(=O)OC)nc4c3)ccc2[nH]1. The zero-order chi connectivity index (χ0) is 19.7. The number of benzene rings is 2. The monoisotopic (exact) mass is 414 g/mol. The van der Waals surface area contributed by atoms with E-state index in [0.717, 1.165) is 20.8 Å². The van der Waals surface area contributed by atoms with Gasteiger partial charge in [0.2, 0.25) is 11.6 Å². The molecule has 0 bridgehead atoms. The van der Waals surface area contributed by atoms with E-state index in [4.69, 9.17) is 0 Å². The van der Waals surface area contributed by atoms with Gasteiger partial charge in [-0.05, 0) is 36.4 Å². The topological polar surface area (TPSA) is 110 Å². The summed E-state index contributed by atoms with van der Waals surface area (Å²) < 4.78 is 9.36. The zero-order valence-electron chi connectivity index (χ0n) is 14.8. The van der Waals surface area contributed by atoms with Crippen LogP contribution in [0.4, 0.5) is 0 Å². The third-order valence-electron chi connectivity index (χ3n) is 3.90. The van der Waals surface area contributed by atoms with E-state index in [2.05, 4.69) is 29.4 Å². The Morgan fingerprint density at radius 2 is 1.21 bits per heavy atom. The van der Waals surface area contributed by atoms with Crippen molar-refractivity contribution in [3.05, 3.63) is 48.0 Å². The number of aromatic nitrogens is 4. The molecule has 0 radical (unpaired) electrons. The van der Waals surface area contributed by atoms with Gasteiger partial charge < -0.3 is 19.4 Å². The Kier molecular flexibility index (Phi) is 4.97. The number of nitrogens with zero attached hydrogens (tertiary/aromatic N) is 2. The minimum Gasteiger partial charge on any atom is -0.463 e. The largest absolute Gasteiger partial charge is 0.463 e. The molecule has 4 rings (SSSR count). The highest BCUT2D eigenvalue weighted by Crippen LogP contribution is 2.39. The van der Waals surface area contributed by atoms with Gasteiger partial charge in [-0.1, -0.05) is 21.6 Å². The van der Waals surface area contributed by atoms with Gasteiger partial charge in [0.25, 0.3) is 0 Å². The van der Waals surface area contributed by atoms with Crippen molar-refractivity contribution in [1.29, 1.82) is 0 Å². The lowest BCUT2D eigenvalue weighted by molar-refractivity contribution is 0.0580. The third-order valence-corrected chi connectivity index (χ3v) is 6.28. The van der Waals surface area contributed by atoms with Crippen LogP contribution >= 0.6 is 21.6 Å². The quantitative estimate of drug-likeness (QED) is 0.375. The Balaban J connectivity index is 1.51. The summed E-state index contributed by atoms with van der Waals surface area (Å²) in [4.78, 5) is 39.5. The van der Waals surface area contributed by atoms with Crippen molar-refractivity contribution in [3.8, 4) is 0 Å². The summed E-state index contributed by atoms with van der Waals surface area (Å²) in [5, 5.41) is 0. The number of nitrogens with one attached hydrogen (secondary N) is 2. The number of carbonyl (C=O) groups is 2. The normalized spacial score (nSPS) is 11.1. The third kappa shape index (κ3) is 3.56. The smallest absolute Gasteiger partial charge is 0.374 e. The summed E-state index contributed by atoms with van der Waals surface area (Å²) >= 11 is 0. The first-order valence-electron chi connectivity index (χ1n) is 8.08. The van der Waals surface area contributed by atoms with Crippen LogP contribution in [0.2, 0.25) is 0 Å². The Bertz CT molecular complexity index is 1110. The molecule has 0 saturated heterocycles. The highest BCUT2D eigenvalue weighted by Gasteiger charge is 2.13. The van der Waals surface area contributed by atoms with Gasteiger partial charge in [0.1, 0.15) is 0 Å². The number of hydrogen-bond donors (Lipinski definition) is 2. The van der Waals surface area contributed by atoms with Crippen LogP contribution in [-0.2, 0) is 9.47 Å². The van der Waals surface area contributed by atoms with Crippen molar-refractivity contribution < 1.29 is 19.1 Å². The summed E-state index contributed by atoms with van der Waals surface area (Å²) in [5.74, 6) is -0.646. The molecule has 0 spiro atoms. The van der Waals surface area contributed by atoms with E-state index in [1.165, 1.54) is 14.2 Å². The number of ether oxygens (including phenoxy) is 2. The lowest BCUT2D eigenvalue weighted by atomic mass is 10.3. The van der Waals surface area contributed by atoms with Gasteiger partial charge in [0.05, 0.1) is 36.3 Å². The summed E-state index contributed by atoms with van der Waals surface area (Å²) in [7, 11) is 5.74. The van der Waals surface area contributed by atoms with Crippen molar-refractivity contribution in [3.63, 3.8) is 0 Å². The molecule has 0 aliphatic carbocycles. The maximum absolute atomic E-state index is 11.6. The van der Waals surface area contributed by atoms with Crippen molar-refractivity contribution in [2.45, 2.75) is 9.79 Å². The number of esters is 2. The molecule has 4 aromatic rings. The molecule has 2 N–H and O–H groups in total. The van der Waals surface area contributed by atoms with Crippen molar-refractivity contribution in [1.82, 2.24) is 19.9 Å². The van der Waals surface area contributed by atoms with Crippen molar-refractivity contribution >= 4 is 55.6 Å². The first-order chi connectivity index (χ1) is 13.6. The van der Waals surface area contributed by atoms with E-state index in [0.29, 0.717) is 11.0 Å². The molecule has 28 heavy (non-hydrogen) atoms. The van der Waals surface area contributed by atoms with Gasteiger partial charge in [-0.15, -0.1) is 0 Å². The minimum atomic E-state index is -0.501. The summed E-state index contributed by atoms with van der Waals surface area (Å²) in [6.07, 6.45) is 0. The average Bonchev–Trinajstić information content (AvgIpc) is 3.34. The Hall–Kier alpha value is -2.98. The minimum absolute atomic E-state index is 0.178. The molecule has 8 nitrogen and oxygen atoms in total. The van der Waals surface area contributed by atoms with Gasteiger partial charge in [-0.3, -0.25) is 0 Å². The van der Waals surface area contributed by atoms with Gasteiger partial charge in [-0.2, -0.15) is 0 Å². The maximum atomic E-state index is 11.6. The van der Waals surface area contributed by atoms with E-state index >= 15 is 0 Å². The second kappa shape index (κ2) is 7.56. The molecule has 2 heterocycles. The number of imidazole rings is 2. The zero-order valence-corrected chi connectivity index (χ0v) is 16.4. The standard InChI is InChI=1S/C18H14N4O4S2/c1-25-17(23)15-19-11-5-3-9(7-13(11)21-15)27-28-10-4-6-12-14(8-10)22-16(20-12)18(24)26-2/h3-8H,1-2H3,(H,19,21)(H,20,22). The fourth-order valence-electron chi connectivity index (χ4n) is 2.56. The first-order valence-corrected chi connectivity index (χ1v) is 10.2. The molecule has 0 unspecified atom stereocenters. The molecular weight excluding hydrogens is 400 g/mol. The maximum Gasteiger partial charge on any atom is 0.374 e. The average molecular weight is 414 g/mol. The van der Waals surface area contributed by atoms with E-state index < -0.39 is 11.9 Å². The van der Waals surface area contributed by atoms with Gasteiger partial charge in [-0.25, -0.2) is 19.6 Å². The highest BCUT2D eigenvalue weighted by molar-refractivity contribution is 8.76. The number of H-pyrrole nitrogens is 2. The lowest BCUT2D eigenvalue weighted by Crippen LogP contribution is -2.02. The van der Waals surface area contributed by atoms with Gasteiger partial charge in [0, 0.05) is 9.79 Å². The highest BCUT2D eigenvalue weighted by atomic mass is 33.1. The van der Waals surface area contributed by atoms with E-state index in [9.17, 15) is 9.59 Å². The Labute approximate surface area is 166 Å².